The summed E-state index contributed by atoms with van der Waals surface area (Å²) in [6.07, 6.45) is 3.10. The van der Waals surface area contributed by atoms with Gasteiger partial charge in [-0.25, -0.2) is 9.97 Å². The summed E-state index contributed by atoms with van der Waals surface area (Å²) in [5, 5.41) is 4.78. The number of pyridine rings is 1. The average molecular weight is 344 g/mol. The van der Waals surface area contributed by atoms with Gasteiger partial charge in [0.2, 0.25) is 5.03 Å². The molecule has 0 amide bonds. The van der Waals surface area contributed by atoms with Gasteiger partial charge in [0.15, 0.2) is 16.6 Å². The van der Waals surface area contributed by atoms with Gasteiger partial charge in [0.05, 0.1) is 5.02 Å². The molecular formula is C11H10ClN5O2S2. The lowest BCUT2D eigenvalue weighted by atomic mass is 10.5. The number of sulfonamides is 1. The van der Waals surface area contributed by atoms with E-state index in [0.717, 1.165) is 0 Å². The Hall–Kier alpha value is -1.84. The number of nitrogens with zero attached hydrogens (tertiary/aromatic N) is 3. The van der Waals surface area contributed by atoms with Crippen molar-refractivity contribution in [1.29, 1.82) is 0 Å². The van der Waals surface area contributed by atoms with Crippen LogP contribution in [-0.2, 0) is 10.0 Å². The minimum atomic E-state index is -3.88. The predicted molar refractivity (Wildman–Crippen MR) is 82.7 cm³/mol. The topological polar surface area (TPSA) is 88.4 Å². The Kier molecular flexibility index (Phi) is 3.47. The van der Waals surface area contributed by atoms with Crippen LogP contribution in [0.25, 0.3) is 4.96 Å². The third kappa shape index (κ3) is 2.43. The van der Waals surface area contributed by atoms with Crippen LogP contribution in [0.2, 0.25) is 5.02 Å². The molecule has 7 nitrogen and oxygen atoms in total. The average Bonchev–Trinajstić information content (AvgIpc) is 3.00. The highest BCUT2D eigenvalue weighted by Crippen LogP contribution is 2.28. The maximum absolute atomic E-state index is 12.6. The highest BCUT2D eigenvalue weighted by Gasteiger charge is 2.26. The Balaban J connectivity index is 2.12. The number of fused-ring (bicyclic) bond motifs is 1. The predicted octanol–water partition coefficient (Wildman–Crippen LogP) is 2.29. The van der Waals surface area contributed by atoms with Crippen LogP contribution >= 0.6 is 22.9 Å². The fourth-order valence-corrected chi connectivity index (χ4v) is 4.14. The van der Waals surface area contributed by atoms with Gasteiger partial charge in [-0.05, 0) is 12.1 Å². The van der Waals surface area contributed by atoms with Crippen molar-refractivity contribution in [2.75, 3.05) is 17.1 Å². The molecule has 0 aliphatic heterocycles. The first kappa shape index (κ1) is 14.1. The Morgan fingerprint density at radius 2 is 2.19 bits per heavy atom. The molecule has 10 heteroatoms. The number of thiazole rings is 1. The van der Waals surface area contributed by atoms with Crippen molar-refractivity contribution in [2.45, 2.75) is 5.03 Å². The lowest BCUT2D eigenvalue weighted by Crippen LogP contribution is -2.17. The quantitative estimate of drug-likeness (QED) is 0.758. The van der Waals surface area contributed by atoms with Crippen LogP contribution in [-0.4, -0.2) is 29.8 Å². The van der Waals surface area contributed by atoms with Crippen molar-refractivity contribution in [2.24, 2.45) is 0 Å². The van der Waals surface area contributed by atoms with E-state index in [9.17, 15) is 8.42 Å². The molecule has 0 unspecified atom stereocenters. The minimum Gasteiger partial charge on any atom is -0.371 e. The van der Waals surface area contributed by atoms with Crippen molar-refractivity contribution < 1.29 is 8.42 Å². The Morgan fingerprint density at radius 1 is 1.38 bits per heavy atom. The second kappa shape index (κ2) is 5.17. The van der Waals surface area contributed by atoms with E-state index in [0.29, 0.717) is 4.96 Å². The van der Waals surface area contributed by atoms with Gasteiger partial charge in [-0.2, -0.15) is 8.42 Å². The van der Waals surface area contributed by atoms with Crippen LogP contribution in [0.4, 0.5) is 11.6 Å². The summed E-state index contributed by atoms with van der Waals surface area (Å²) in [6, 6.07) is 3.18. The Labute approximate surface area is 129 Å². The van der Waals surface area contributed by atoms with Crippen molar-refractivity contribution in [1.82, 2.24) is 14.4 Å². The van der Waals surface area contributed by atoms with Crippen LogP contribution < -0.4 is 10.0 Å². The fraction of sp³-hybridized carbons (Fsp3) is 0.0909. The number of aromatic nitrogens is 3. The van der Waals surface area contributed by atoms with Crippen LogP contribution in [0.5, 0.6) is 0 Å². The van der Waals surface area contributed by atoms with Crippen molar-refractivity contribution >= 4 is 49.6 Å². The summed E-state index contributed by atoms with van der Waals surface area (Å²) in [5.74, 6) is 0.341. The maximum Gasteiger partial charge on any atom is 0.282 e. The lowest BCUT2D eigenvalue weighted by Gasteiger charge is -2.09. The van der Waals surface area contributed by atoms with Crippen molar-refractivity contribution in [3.8, 4) is 0 Å². The summed E-state index contributed by atoms with van der Waals surface area (Å²) in [6.45, 7) is 0. The first-order valence-electron chi connectivity index (χ1n) is 5.79. The zero-order chi connectivity index (χ0) is 15.0. The molecule has 0 saturated carbocycles. The second-order valence-corrected chi connectivity index (χ2v) is 6.89. The van der Waals surface area contributed by atoms with E-state index in [2.05, 4.69) is 20.0 Å². The van der Waals surface area contributed by atoms with Crippen LogP contribution in [0.15, 0.2) is 34.9 Å². The molecule has 0 bridgehead atoms. The number of imidazole rings is 1. The molecule has 0 spiro atoms. The van der Waals surface area contributed by atoms with E-state index in [-0.39, 0.29) is 21.7 Å². The normalized spacial score (nSPS) is 11.7. The van der Waals surface area contributed by atoms with Crippen molar-refractivity contribution in [3.63, 3.8) is 0 Å². The maximum atomic E-state index is 12.6. The summed E-state index contributed by atoms with van der Waals surface area (Å²) < 4.78 is 29.1. The first-order chi connectivity index (χ1) is 10.0. The van der Waals surface area contributed by atoms with Crippen LogP contribution in [0.1, 0.15) is 0 Å². The fourth-order valence-electron chi connectivity index (χ4n) is 1.82. The summed E-state index contributed by atoms with van der Waals surface area (Å²) in [5.41, 5.74) is 0. The standard InChI is InChI=1S/C11H10ClN5O2S2/c1-13-9-10(17-5-6-20-11(17)15-9)21(18,19)16-8-7(12)3-2-4-14-8/h2-6,13H,1H3,(H,14,16). The number of anilines is 2. The molecule has 0 aromatic carbocycles. The highest BCUT2D eigenvalue weighted by atomic mass is 35.5. The van der Waals surface area contributed by atoms with E-state index < -0.39 is 10.0 Å². The summed E-state index contributed by atoms with van der Waals surface area (Å²) in [7, 11) is -2.27. The Morgan fingerprint density at radius 3 is 2.90 bits per heavy atom. The van der Waals surface area contributed by atoms with Gasteiger partial charge in [0.1, 0.15) is 0 Å². The van der Waals surface area contributed by atoms with Gasteiger partial charge in [-0.3, -0.25) is 9.12 Å². The number of hydrogen-bond donors (Lipinski definition) is 2. The molecule has 0 atom stereocenters. The number of nitrogens with one attached hydrogen (secondary N) is 2. The van der Waals surface area contributed by atoms with E-state index in [1.807, 2.05) is 0 Å². The second-order valence-electron chi connectivity index (χ2n) is 4.01. The van der Waals surface area contributed by atoms with Crippen LogP contribution in [0, 0.1) is 0 Å². The third-order valence-electron chi connectivity index (χ3n) is 2.70. The summed E-state index contributed by atoms with van der Waals surface area (Å²) in [4.78, 5) is 8.72. The molecule has 3 aromatic heterocycles. The molecule has 3 rings (SSSR count). The van der Waals surface area contributed by atoms with Crippen LogP contribution in [0.3, 0.4) is 0 Å². The zero-order valence-corrected chi connectivity index (χ0v) is 13.1. The van der Waals surface area contributed by atoms with E-state index in [4.69, 9.17) is 11.6 Å². The first-order valence-corrected chi connectivity index (χ1v) is 8.53. The molecule has 0 saturated heterocycles. The molecule has 0 radical (unpaired) electrons. The molecule has 3 heterocycles. The summed E-state index contributed by atoms with van der Waals surface area (Å²) >= 11 is 7.28. The molecule has 21 heavy (non-hydrogen) atoms. The monoisotopic (exact) mass is 343 g/mol. The number of halogens is 1. The smallest absolute Gasteiger partial charge is 0.282 e. The van der Waals surface area contributed by atoms with E-state index in [1.165, 1.54) is 21.9 Å². The molecule has 0 aliphatic rings. The molecule has 0 fully saturated rings. The SMILES string of the molecule is CNc1nc2sccn2c1S(=O)(=O)Nc1ncccc1Cl. The van der Waals surface area contributed by atoms with E-state index >= 15 is 0 Å². The molecule has 0 aliphatic carbocycles. The minimum absolute atomic E-state index is 0.0166. The number of hydrogen-bond acceptors (Lipinski definition) is 6. The molecular weight excluding hydrogens is 334 g/mol. The molecule has 2 N–H and O–H groups in total. The zero-order valence-electron chi connectivity index (χ0n) is 10.7. The largest absolute Gasteiger partial charge is 0.371 e. The molecule has 3 aromatic rings. The van der Waals surface area contributed by atoms with Gasteiger partial charge in [0.25, 0.3) is 10.0 Å². The lowest BCUT2D eigenvalue weighted by molar-refractivity contribution is 0.597. The van der Waals surface area contributed by atoms with Gasteiger partial charge in [0, 0.05) is 24.8 Å². The number of rotatable bonds is 4. The van der Waals surface area contributed by atoms with Gasteiger partial charge in [-0.1, -0.05) is 11.6 Å². The molecule has 110 valence electrons. The Bertz CT molecular complexity index is 902. The van der Waals surface area contributed by atoms with Gasteiger partial charge >= 0.3 is 0 Å². The highest BCUT2D eigenvalue weighted by molar-refractivity contribution is 7.92. The third-order valence-corrected chi connectivity index (χ3v) is 5.12. The van der Waals surface area contributed by atoms with Gasteiger partial charge in [-0.15, -0.1) is 11.3 Å². The van der Waals surface area contributed by atoms with Gasteiger partial charge < -0.3 is 5.32 Å². The van der Waals surface area contributed by atoms with Crippen molar-refractivity contribution in [3.05, 3.63) is 34.9 Å². The van der Waals surface area contributed by atoms with E-state index in [1.54, 1.807) is 30.8 Å².